The van der Waals surface area contributed by atoms with E-state index in [0.717, 1.165) is 135 Å². The lowest BCUT2D eigenvalue weighted by Gasteiger charge is -2.30. The van der Waals surface area contributed by atoms with E-state index in [0.29, 0.717) is 30.3 Å². The van der Waals surface area contributed by atoms with Crippen molar-refractivity contribution in [1.82, 2.24) is 5.32 Å². The molecule has 1 amide bonds. The fourth-order valence-corrected chi connectivity index (χ4v) is 10.1. The smallest absolute Gasteiger partial charge is 0.306 e. The number of carbonyl (C=O) groups excluding carboxylic acids is 2. The standard InChI is InChI=1S/C74H129N2O7P/c1-7-10-13-16-19-22-25-28-30-32-34-36-37-38-39-41-42-44-46-48-51-54-57-60-63-66-73(77)75-71(70-82-84(79,80)81-69-68-76(4,5)6)72(65-62-59-56-53-50-27-24-21-18-15-12-9-3)83-74(78)67-64-61-58-55-52-49-47-45-43-40-35-33-31-29-26-23-20-17-14-11-8-2/h10,13,19-20,22-23,28-31,34-36,38-40,42,44,62,65,71-72H,7-9,11-12,14-18,21,24-27,32-33,37,41,43,45-61,63-64,66-70H2,1-6H3,(H-,75,77,79,80)/b13-10-,22-19-,23-20-,30-28-,31-29-,36-34-,39-38-,40-35-,44-42-,65-62-. The molecule has 0 saturated heterocycles. The van der Waals surface area contributed by atoms with E-state index in [2.05, 4.69) is 135 Å². The molecule has 9 nitrogen and oxygen atoms in total. The Kier molecular flexibility index (Phi) is 59.8. The van der Waals surface area contributed by atoms with Gasteiger partial charge in [0.25, 0.3) is 7.82 Å². The number of unbranched alkanes of at least 4 members (excludes halogenated alkanes) is 27. The number of esters is 1. The summed E-state index contributed by atoms with van der Waals surface area (Å²) >= 11 is 0. The number of ether oxygens (including phenoxy) is 1. The minimum Gasteiger partial charge on any atom is -0.756 e. The lowest BCUT2D eigenvalue weighted by molar-refractivity contribution is -0.870. The average Bonchev–Trinajstić information content (AvgIpc) is 3.64. The van der Waals surface area contributed by atoms with Crippen molar-refractivity contribution in [2.45, 2.75) is 296 Å². The molecule has 0 rings (SSSR count). The number of hydrogen-bond acceptors (Lipinski definition) is 7. The first-order valence-electron chi connectivity index (χ1n) is 34.3. The summed E-state index contributed by atoms with van der Waals surface area (Å²) in [7, 11) is 1.16. The molecule has 0 aliphatic carbocycles. The molecule has 0 heterocycles. The Bertz CT molecular complexity index is 1850. The molecule has 84 heavy (non-hydrogen) atoms. The van der Waals surface area contributed by atoms with E-state index < -0.39 is 26.6 Å². The lowest BCUT2D eigenvalue weighted by atomic mass is 10.0. The topological polar surface area (TPSA) is 114 Å². The molecular weight excluding hydrogens is 1060 g/mol. The number of nitrogens with zero attached hydrogens (tertiary/aromatic N) is 1. The van der Waals surface area contributed by atoms with Gasteiger partial charge in [0.2, 0.25) is 5.91 Å². The SMILES string of the molecule is CC/C=C\C/C=C\C/C=C\C/C=C\C/C=C\C/C=C\CCCCCCCCC(=O)NC(COP(=O)([O-])OCC[N+](C)(C)C)C(/C=C\CCCCCCCCCCCC)OC(=O)CCCCCCCCCC/C=C\C/C=C\C/C=C\CCCCC. The van der Waals surface area contributed by atoms with E-state index in [1.165, 1.54) is 103 Å². The van der Waals surface area contributed by atoms with Crippen molar-refractivity contribution in [2.75, 3.05) is 40.9 Å². The largest absolute Gasteiger partial charge is 0.756 e. The second-order valence-corrected chi connectivity index (χ2v) is 25.4. The van der Waals surface area contributed by atoms with Gasteiger partial charge in [0.05, 0.1) is 33.8 Å². The Morgan fingerprint density at radius 2 is 0.762 bits per heavy atom. The highest BCUT2D eigenvalue weighted by Crippen LogP contribution is 2.38. The summed E-state index contributed by atoms with van der Waals surface area (Å²) in [6.45, 7) is 6.69. The predicted molar refractivity (Wildman–Crippen MR) is 362 cm³/mol. The van der Waals surface area contributed by atoms with Gasteiger partial charge in [0.1, 0.15) is 19.3 Å². The maximum Gasteiger partial charge on any atom is 0.306 e. The molecule has 0 bridgehead atoms. The maximum atomic E-state index is 13.6. The van der Waals surface area contributed by atoms with Crippen LogP contribution >= 0.6 is 7.82 Å². The van der Waals surface area contributed by atoms with E-state index in [4.69, 9.17) is 13.8 Å². The minimum absolute atomic E-state index is 0.0329. The first-order chi connectivity index (χ1) is 40.9. The predicted octanol–water partition coefficient (Wildman–Crippen LogP) is 21.2. The highest BCUT2D eigenvalue weighted by molar-refractivity contribution is 7.45. The number of quaternary nitrogens is 1. The average molecular weight is 1190 g/mol. The highest BCUT2D eigenvalue weighted by Gasteiger charge is 2.27. The van der Waals surface area contributed by atoms with Crippen molar-refractivity contribution in [3.05, 3.63) is 122 Å². The molecule has 0 aliphatic rings. The van der Waals surface area contributed by atoms with E-state index in [1.54, 1.807) is 0 Å². The highest BCUT2D eigenvalue weighted by atomic mass is 31.2. The van der Waals surface area contributed by atoms with Gasteiger partial charge in [0, 0.05) is 12.8 Å². The molecule has 0 aliphatic heterocycles. The molecule has 1 N–H and O–H groups in total. The van der Waals surface area contributed by atoms with Crippen LogP contribution in [0.1, 0.15) is 284 Å². The summed E-state index contributed by atoms with van der Waals surface area (Å²) in [4.78, 5) is 40.2. The number of carbonyl (C=O) groups is 2. The molecule has 0 fully saturated rings. The van der Waals surface area contributed by atoms with Gasteiger partial charge in [0.15, 0.2) is 0 Å². The van der Waals surface area contributed by atoms with E-state index >= 15 is 0 Å². The molecule has 3 atom stereocenters. The monoisotopic (exact) mass is 1190 g/mol. The third kappa shape index (κ3) is 62.9. The van der Waals surface area contributed by atoms with Gasteiger partial charge >= 0.3 is 5.97 Å². The van der Waals surface area contributed by atoms with Crippen LogP contribution in [-0.2, 0) is 27.9 Å². The summed E-state index contributed by atoms with van der Waals surface area (Å²) in [5.74, 6) is -0.570. The second kappa shape index (κ2) is 62.5. The normalized spacial score (nSPS) is 14.3. The first-order valence-corrected chi connectivity index (χ1v) is 35.8. The number of rotatable bonds is 61. The zero-order chi connectivity index (χ0) is 61.4. The van der Waals surface area contributed by atoms with Gasteiger partial charge in [-0.15, -0.1) is 0 Å². The van der Waals surface area contributed by atoms with E-state index in [-0.39, 0.29) is 24.9 Å². The third-order valence-corrected chi connectivity index (χ3v) is 15.6. The molecule has 0 saturated carbocycles. The fourth-order valence-electron chi connectivity index (χ4n) is 9.36. The number of hydrogen-bond donors (Lipinski definition) is 1. The summed E-state index contributed by atoms with van der Waals surface area (Å²) in [5.41, 5.74) is 0. The van der Waals surface area contributed by atoms with Crippen LogP contribution in [0.15, 0.2) is 122 Å². The van der Waals surface area contributed by atoms with Crippen LogP contribution < -0.4 is 10.2 Å². The van der Waals surface area contributed by atoms with Crippen LogP contribution in [0, 0.1) is 0 Å². The molecular formula is C74H129N2O7P. The summed E-state index contributed by atoms with van der Waals surface area (Å²) < 4.78 is 30.4. The maximum absolute atomic E-state index is 13.6. The second-order valence-electron chi connectivity index (χ2n) is 23.9. The number of allylic oxidation sites excluding steroid dienone is 19. The van der Waals surface area contributed by atoms with E-state index in [9.17, 15) is 19.0 Å². The molecule has 0 aromatic rings. The Morgan fingerprint density at radius 3 is 1.17 bits per heavy atom. The zero-order valence-electron chi connectivity index (χ0n) is 55.1. The molecule has 0 aromatic heterocycles. The Balaban J connectivity index is 5.19. The van der Waals surface area contributed by atoms with Gasteiger partial charge in [-0.25, -0.2) is 0 Å². The number of phosphoric acid groups is 1. The lowest BCUT2D eigenvalue weighted by Crippen LogP contribution is -2.47. The minimum atomic E-state index is -4.72. The Hall–Kier alpha value is -3.59. The van der Waals surface area contributed by atoms with Gasteiger partial charge in [-0.1, -0.05) is 271 Å². The summed E-state index contributed by atoms with van der Waals surface area (Å²) in [6.07, 6.45) is 87.4. The van der Waals surface area contributed by atoms with Crippen LogP contribution in [-0.4, -0.2) is 69.4 Å². The Labute approximate surface area is 518 Å². The summed E-state index contributed by atoms with van der Waals surface area (Å²) in [5, 5.41) is 3.03. The zero-order valence-corrected chi connectivity index (χ0v) is 56.0. The molecule has 3 unspecified atom stereocenters. The van der Waals surface area contributed by atoms with E-state index in [1.807, 2.05) is 33.3 Å². The quantitative estimate of drug-likeness (QED) is 0.0212. The Morgan fingerprint density at radius 1 is 0.429 bits per heavy atom. The number of likely N-dealkylation sites (N-methyl/N-ethyl adjacent to an activating group) is 1. The van der Waals surface area contributed by atoms with Crippen molar-refractivity contribution in [3.8, 4) is 0 Å². The van der Waals surface area contributed by atoms with Crippen LogP contribution in [0.3, 0.4) is 0 Å². The first kappa shape index (κ1) is 80.4. The van der Waals surface area contributed by atoms with Crippen molar-refractivity contribution in [3.63, 3.8) is 0 Å². The van der Waals surface area contributed by atoms with Gasteiger partial charge < -0.3 is 28.5 Å². The summed E-state index contributed by atoms with van der Waals surface area (Å²) in [6, 6.07) is -0.909. The van der Waals surface area contributed by atoms with Crippen molar-refractivity contribution < 1.29 is 37.3 Å². The van der Waals surface area contributed by atoms with Crippen molar-refractivity contribution >= 4 is 19.7 Å². The van der Waals surface area contributed by atoms with Crippen molar-refractivity contribution in [2.24, 2.45) is 0 Å². The van der Waals surface area contributed by atoms with Crippen LogP contribution in [0.5, 0.6) is 0 Å². The van der Waals surface area contributed by atoms with Crippen LogP contribution in [0.2, 0.25) is 0 Å². The number of phosphoric ester groups is 1. The molecule has 0 radical (unpaired) electrons. The molecule has 0 aromatic carbocycles. The van der Waals surface area contributed by atoms with Gasteiger partial charge in [-0.2, -0.15) is 0 Å². The van der Waals surface area contributed by atoms with Gasteiger partial charge in [-0.05, 0) is 122 Å². The van der Waals surface area contributed by atoms with Crippen molar-refractivity contribution in [1.29, 1.82) is 0 Å². The number of amides is 1. The van der Waals surface area contributed by atoms with Crippen LogP contribution in [0.4, 0.5) is 0 Å². The fraction of sp³-hybridized carbons (Fsp3) is 0.703. The van der Waals surface area contributed by atoms with Gasteiger partial charge in [-0.3, -0.25) is 14.2 Å². The molecule has 482 valence electrons. The molecule has 0 spiro atoms. The van der Waals surface area contributed by atoms with Crippen LogP contribution in [0.25, 0.3) is 0 Å². The number of nitrogens with one attached hydrogen (secondary N) is 1. The molecule has 10 heteroatoms. The third-order valence-electron chi connectivity index (χ3n) is 14.6.